The van der Waals surface area contributed by atoms with Gasteiger partial charge in [0, 0.05) is 26.7 Å². The van der Waals surface area contributed by atoms with Crippen molar-refractivity contribution in [2.75, 3.05) is 18.2 Å². The minimum atomic E-state index is -0.381. The molecule has 0 aliphatic heterocycles. The molecule has 0 saturated heterocycles. The zero-order chi connectivity index (χ0) is 25.4. The number of rotatable bonds is 7. The highest BCUT2D eigenvalue weighted by Crippen LogP contribution is 2.41. The summed E-state index contributed by atoms with van der Waals surface area (Å²) in [7, 11) is 1.39. The molecular formula is C26H32N4O3S3. The van der Waals surface area contributed by atoms with Crippen LogP contribution in [-0.2, 0) is 35.2 Å². The van der Waals surface area contributed by atoms with Crippen molar-refractivity contribution >= 4 is 51.3 Å². The third-order valence-corrected chi connectivity index (χ3v) is 10.2. The van der Waals surface area contributed by atoms with Crippen LogP contribution in [0, 0.1) is 5.92 Å². The molecule has 3 aromatic heterocycles. The van der Waals surface area contributed by atoms with Gasteiger partial charge in [0.25, 0.3) is 0 Å². The number of nitrogens with zero attached hydrogens (tertiary/aromatic N) is 3. The third kappa shape index (κ3) is 4.87. The average molecular weight is 545 g/mol. The van der Waals surface area contributed by atoms with Gasteiger partial charge in [-0.05, 0) is 75.8 Å². The van der Waals surface area contributed by atoms with Crippen molar-refractivity contribution < 1.29 is 14.3 Å². The fourth-order valence-electron chi connectivity index (χ4n) is 5.16. The molecule has 3 heterocycles. The van der Waals surface area contributed by atoms with Gasteiger partial charge in [0.2, 0.25) is 5.91 Å². The molecule has 10 heteroatoms. The summed E-state index contributed by atoms with van der Waals surface area (Å²) in [6.07, 6.45) is 7.52. The summed E-state index contributed by atoms with van der Waals surface area (Å²) in [5, 5.41) is 15.6. The van der Waals surface area contributed by atoms with E-state index < -0.39 is 0 Å². The van der Waals surface area contributed by atoms with Crippen LogP contribution >= 0.6 is 34.4 Å². The lowest BCUT2D eigenvalue weighted by atomic mass is 9.88. The number of thiophene rings is 2. The number of ether oxygens (including phenoxy) is 1. The summed E-state index contributed by atoms with van der Waals surface area (Å²) >= 11 is 4.72. The normalized spacial score (nSPS) is 17.1. The van der Waals surface area contributed by atoms with Crippen molar-refractivity contribution in [3.8, 4) is 11.4 Å². The van der Waals surface area contributed by atoms with Crippen molar-refractivity contribution in [3.63, 3.8) is 0 Å². The number of amides is 1. The molecule has 192 valence electrons. The van der Waals surface area contributed by atoms with Gasteiger partial charge in [-0.25, -0.2) is 4.79 Å². The minimum absolute atomic E-state index is 0.162. The first kappa shape index (κ1) is 25.5. The Morgan fingerprint density at radius 2 is 2.00 bits per heavy atom. The molecule has 1 amide bonds. The number of esters is 1. The molecule has 36 heavy (non-hydrogen) atoms. The molecule has 0 radical (unpaired) electrons. The van der Waals surface area contributed by atoms with Crippen LogP contribution in [0.1, 0.15) is 77.3 Å². The lowest BCUT2D eigenvalue weighted by molar-refractivity contribution is -0.113. The van der Waals surface area contributed by atoms with Crippen LogP contribution in [0.15, 0.2) is 10.5 Å². The molecule has 2 aliphatic rings. The minimum Gasteiger partial charge on any atom is -0.465 e. The maximum Gasteiger partial charge on any atom is 0.341 e. The van der Waals surface area contributed by atoms with Gasteiger partial charge in [-0.2, -0.15) is 0 Å². The standard InChI is InChI=1S/C26H32N4O3S3/c1-14(2)30-23(18-12-34-19-8-6-5-7-16(18)19)28-29-26(30)35-13-21(31)27-24-22(25(32)33-4)17-10-9-15(3)11-20(17)36-24/h12,14-15H,5-11,13H2,1-4H3,(H,27,31). The summed E-state index contributed by atoms with van der Waals surface area (Å²) in [5.41, 5.74) is 4.17. The highest BCUT2D eigenvalue weighted by molar-refractivity contribution is 7.99. The largest absolute Gasteiger partial charge is 0.465 e. The second-order valence-corrected chi connectivity index (χ2v) is 12.9. The van der Waals surface area contributed by atoms with Crippen molar-refractivity contribution in [3.05, 3.63) is 31.8 Å². The van der Waals surface area contributed by atoms with Gasteiger partial charge >= 0.3 is 5.97 Å². The summed E-state index contributed by atoms with van der Waals surface area (Å²) < 4.78 is 7.19. The number of hydrogen-bond acceptors (Lipinski definition) is 8. The van der Waals surface area contributed by atoms with E-state index in [-0.39, 0.29) is 23.7 Å². The maximum absolute atomic E-state index is 13.0. The molecule has 0 aromatic carbocycles. The molecule has 1 unspecified atom stereocenters. The monoisotopic (exact) mass is 544 g/mol. The SMILES string of the molecule is COC(=O)c1c(NC(=O)CSc2nnc(-c3csc4c3CCCC4)n2C(C)C)sc2c1CCC(C)C2. The molecule has 7 nitrogen and oxygen atoms in total. The zero-order valence-electron chi connectivity index (χ0n) is 21.2. The van der Waals surface area contributed by atoms with Gasteiger partial charge in [0.05, 0.1) is 18.4 Å². The first-order valence-corrected chi connectivity index (χ1v) is 15.3. The van der Waals surface area contributed by atoms with E-state index in [0.717, 1.165) is 48.6 Å². The number of aromatic nitrogens is 3. The Labute approximate surface area is 224 Å². The first-order chi connectivity index (χ1) is 17.4. The van der Waals surface area contributed by atoms with Crippen LogP contribution < -0.4 is 5.32 Å². The Morgan fingerprint density at radius 3 is 2.78 bits per heavy atom. The van der Waals surface area contributed by atoms with Crippen molar-refractivity contribution in [1.82, 2.24) is 14.8 Å². The van der Waals surface area contributed by atoms with Gasteiger partial charge in [0.1, 0.15) is 5.00 Å². The van der Waals surface area contributed by atoms with Crippen LogP contribution in [0.25, 0.3) is 11.4 Å². The topological polar surface area (TPSA) is 86.1 Å². The van der Waals surface area contributed by atoms with Crippen LogP contribution in [0.5, 0.6) is 0 Å². The molecule has 0 spiro atoms. The highest BCUT2D eigenvalue weighted by Gasteiger charge is 2.29. The summed E-state index contributed by atoms with van der Waals surface area (Å²) in [6, 6.07) is 0.164. The van der Waals surface area contributed by atoms with Crippen molar-refractivity contribution in [2.45, 2.75) is 76.9 Å². The fourth-order valence-corrected chi connectivity index (χ4v) is 8.56. The lowest BCUT2D eigenvalue weighted by Crippen LogP contribution is -2.17. The highest BCUT2D eigenvalue weighted by atomic mass is 32.2. The fraction of sp³-hybridized carbons (Fsp3) is 0.538. The van der Waals surface area contributed by atoms with Crippen molar-refractivity contribution in [2.24, 2.45) is 5.92 Å². The van der Waals surface area contributed by atoms with Crippen LogP contribution in [-0.4, -0.2) is 39.5 Å². The van der Waals surface area contributed by atoms with E-state index >= 15 is 0 Å². The predicted molar refractivity (Wildman–Crippen MR) is 147 cm³/mol. The van der Waals surface area contributed by atoms with E-state index in [1.807, 2.05) is 11.3 Å². The van der Waals surface area contributed by atoms with Gasteiger partial charge < -0.3 is 10.1 Å². The van der Waals surface area contributed by atoms with Gasteiger partial charge in [-0.1, -0.05) is 18.7 Å². The number of fused-ring (bicyclic) bond motifs is 2. The molecule has 2 aliphatic carbocycles. The summed E-state index contributed by atoms with van der Waals surface area (Å²) in [5.74, 6) is 1.11. The molecule has 3 aromatic rings. The number of anilines is 1. The van der Waals surface area contributed by atoms with Gasteiger partial charge in [-0.15, -0.1) is 32.9 Å². The van der Waals surface area contributed by atoms with Crippen LogP contribution in [0.2, 0.25) is 0 Å². The quantitative estimate of drug-likeness (QED) is 0.283. The summed E-state index contributed by atoms with van der Waals surface area (Å²) in [6.45, 7) is 6.46. The Morgan fingerprint density at radius 1 is 1.19 bits per heavy atom. The first-order valence-electron chi connectivity index (χ1n) is 12.6. The molecule has 0 saturated carbocycles. The second-order valence-electron chi connectivity index (χ2n) is 9.91. The van der Waals surface area contributed by atoms with E-state index in [1.54, 1.807) is 0 Å². The van der Waals surface area contributed by atoms with Crippen molar-refractivity contribution in [1.29, 1.82) is 0 Å². The van der Waals surface area contributed by atoms with Crippen LogP contribution in [0.4, 0.5) is 5.00 Å². The molecule has 0 bridgehead atoms. The second kappa shape index (κ2) is 10.7. The van der Waals surface area contributed by atoms with E-state index in [2.05, 4.69) is 46.2 Å². The number of carbonyl (C=O) groups is 2. The number of aryl methyl sites for hydroxylation is 1. The van der Waals surface area contributed by atoms with Gasteiger partial charge in [0.15, 0.2) is 11.0 Å². The number of carbonyl (C=O) groups excluding carboxylic acids is 2. The average Bonchev–Trinajstić information content (AvgIpc) is 3.56. The van der Waals surface area contributed by atoms with Gasteiger partial charge in [-0.3, -0.25) is 9.36 Å². The summed E-state index contributed by atoms with van der Waals surface area (Å²) in [4.78, 5) is 28.2. The predicted octanol–water partition coefficient (Wildman–Crippen LogP) is 6.17. The Hall–Kier alpha value is -2.17. The molecular weight excluding hydrogens is 513 g/mol. The smallest absolute Gasteiger partial charge is 0.341 e. The lowest BCUT2D eigenvalue weighted by Gasteiger charge is -2.18. The van der Waals surface area contributed by atoms with E-state index in [4.69, 9.17) is 4.74 Å². The molecule has 5 rings (SSSR count). The number of methoxy groups -OCH3 is 1. The molecule has 1 N–H and O–H groups in total. The Bertz CT molecular complexity index is 1290. The Balaban J connectivity index is 1.34. The van der Waals surface area contributed by atoms with E-state index in [1.165, 1.54) is 63.9 Å². The van der Waals surface area contributed by atoms with E-state index in [9.17, 15) is 9.59 Å². The number of hydrogen-bond donors (Lipinski definition) is 1. The number of thioether (sulfide) groups is 1. The Kier molecular flexibility index (Phi) is 7.55. The molecule has 1 atom stereocenters. The third-order valence-electron chi connectivity index (χ3n) is 6.97. The maximum atomic E-state index is 13.0. The number of nitrogens with one attached hydrogen (secondary N) is 1. The van der Waals surface area contributed by atoms with Crippen LogP contribution in [0.3, 0.4) is 0 Å². The molecule has 0 fully saturated rings. The van der Waals surface area contributed by atoms with E-state index in [0.29, 0.717) is 16.5 Å². The zero-order valence-corrected chi connectivity index (χ0v) is 23.6.